The monoisotopic (exact) mass is 233 g/mol. The van der Waals surface area contributed by atoms with Gasteiger partial charge in [0.1, 0.15) is 0 Å². The summed E-state index contributed by atoms with van der Waals surface area (Å²) in [5.74, 6) is 0. The lowest BCUT2D eigenvalue weighted by atomic mass is 9.96. The number of rotatable bonds is 4. The summed E-state index contributed by atoms with van der Waals surface area (Å²) >= 11 is 0. The van der Waals surface area contributed by atoms with E-state index in [4.69, 9.17) is 0 Å². The molecule has 1 saturated carbocycles. The molecule has 0 atom stereocenters. The van der Waals surface area contributed by atoms with Gasteiger partial charge in [-0.25, -0.2) is 14.4 Å². The van der Waals surface area contributed by atoms with Crippen LogP contribution in [0.25, 0.3) is 0 Å². The fourth-order valence-electron chi connectivity index (χ4n) is 2.06. The second-order valence-electron chi connectivity index (χ2n) is 4.70. The highest BCUT2D eigenvalue weighted by molar-refractivity contribution is 7.56. The maximum absolute atomic E-state index is 12.6. The first-order valence-electron chi connectivity index (χ1n) is 5.70. The molecule has 0 aromatic carbocycles. The van der Waals surface area contributed by atoms with Crippen molar-refractivity contribution in [2.24, 2.45) is 0 Å². The van der Waals surface area contributed by atoms with Crippen LogP contribution in [0, 0.1) is 0 Å². The van der Waals surface area contributed by atoms with E-state index in [2.05, 4.69) is 5.09 Å². The quantitative estimate of drug-likeness (QED) is 0.755. The van der Waals surface area contributed by atoms with Crippen molar-refractivity contribution in [1.29, 1.82) is 0 Å². The van der Waals surface area contributed by atoms with Crippen molar-refractivity contribution in [3.8, 4) is 0 Å². The van der Waals surface area contributed by atoms with Crippen molar-refractivity contribution in [1.82, 2.24) is 14.4 Å². The van der Waals surface area contributed by atoms with Crippen LogP contribution in [-0.2, 0) is 4.57 Å². The van der Waals surface area contributed by atoms with Crippen molar-refractivity contribution >= 4 is 7.59 Å². The highest BCUT2D eigenvalue weighted by Crippen LogP contribution is 2.46. The van der Waals surface area contributed by atoms with Gasteiger partial charge in [0.15, 0.2) is 0 Å². The van der Waals surface area contributed by atoms with Crippen molar-refractivity contribution in [3.63, 3.8) is 0 Å². The van der Waals surface area contributed by atoms with Gasteiger partial charge in [-0.1, -0.05) is 19.3 Å². The lowest BCUT2D eigenvalue weighted by Gasteiger charge is -2.35. The second kappa shape index (κ2) is 5.44. The molecule has 5 heteroatoms. The van der Waals surface area contributed by atoms with Crippen LogP contribution in [0.2, 0.25) is 0 Å². The van der Waals surface area contributed by atoms with Crippen LogP contribution < -0.4 is 5.09 Å². The van der Waals surface area contributed by atoms with Gasteiger partial charge >= 0.3 is 0 Å². The SMILES string of the molecule is CN(C)P(=O)(NC1CCCCC1)N(C)C. The molecule has 0 bridgehead atoms. The lowest BCUT2D eigenvalue weighted by molar-refractivity contribution is 0.374. The van der Waals surface area contributed by atoms with Gasteiger partial charge in [0.05, 0.1) is 0 Å². The molecule has 1 fully saturated rings. The third-order valence-electron chi connectivity index (χ3n) is 3.04. The van der Waals surface area contributed by atoms with Crippen LogP contribution in [0.5, 0.6) is 0 Å². The van der Waals surface area contributed by atoms with E-state index < -0.39 is 7.59 Å². The third-order valence-corrected chi connectivity index (χ3v) is 5.91. The van der Waals surface area contributed by atoms with Gasteiger partial charge in [-0.15, -0.1) is 0 Å². The Bertz CT molecular complexity index is 225. The molecule has 4 nitrogen and oxygen atoms in total. The normalized spacial score (nSPS) is 20.1. The molecule has 1 aliphatic rings. The summed E-state index contributed by atoms with van der Waals surface area (Å²) in [5, 5.41) is 3.34. The molecule has 0 unspecified atom stereocenters. The van der Waals surface area contributed by atoms with Crippen LogP contribution in [0.4, 0.5) is 0 Å². The van der Waals surface area contributed by atoms with Gasteiger partial charge in [-0.3, -0.25) is 4.57 Å². The summed E-state index contributed by atoms with van der Waals surface area (Å²) in [4.78, 5) is 0. The standard InChI is InChI=1S/C10H24N3OP/c1-12(2)15(14,13(3)4)11-10-8-6-5-7-9-10/h10H,5-9H2,1-4H3,(H,11,14). The summed E-state index contributed by atoms with van der Waals surface area (Å²) in [7, 11) is 4.97. The molecular formula is C10H24N3OP. The molecule has 90 valence electrons. The molecule has 0 radical (unpaired) electrons. The van der Waals surface area contributed by atoms with Gasteiger partial charge in [-0.05, 0) is 41.0 Å². The van der Waals surface area contributed by atoms with E-state index in [1.165, 1.54) is 19.3 Å². The third kappa shape index (κ3) is 3.28. The highest BCUT2D eigenvalue weighted by Gasteiger charge is 2.31. The van der Waals surface area contributed by atoms with Crippen LogP contribution in [-0.4, -0.2) is 43.6 Å². The van der Waals surface area contributed by atoms with Crippen molar-refractivity contribution in [2.45, 2.75) is 38.1 Å². The number of hydrogen-bond acceptors (Lipinski definition) is 1. The lowest BCUT2D eigenvalue weighted by Crippen LogP contribution is -2.38. The van der Waals surface area contributed by atoms with E-state index in [9.17, 15) is 4.57 Å². The van der Waals surface area contributed by atoms with Gasteiger partial charge in [0.2, 0.25) is 0 Å². The Morgan fingerprint density at radius 2 is 1.47 bits per heavy atom. The van der Waals surface area contributed by atoms with Gasteiger partial charge in [0, 0.05) is 6.04 Å². The minimum atomic E-state index is -2.52. The Kier molecular flexibility index (Phi) is 4.78. The molecule has 1 N–H and O–H groups in total. The van der Waals surface area contributed by atoms with Crippen LogP contribution in [0.1, 0.15) is 32.1 Å². The maximum atomic E-state index is 12.6. The van der Waals surface area contributed by atoms with E-state index in [0.717, 1.165) is 12.8 Å². The topological polar surface area (TPSA) is 35.6 Å². The smallest absolute Gasteiger partial charge is 0.271 e. The molecule has 0 aliphatic heterocycles. The maximum Gasteiger partial charge on any atom is 0.283 e. The van der Waals surface area contributed by atoms with Crippen LogP contribution >= 0.6 is 7.59 Å². The zero-order valence-electron chi connectivity index (χ0n) is 10.4. The molecule has 1 aliphatic carbocycles. The van der Waals surface area contributed by atoms with E-state index in [-0.39, 0.29) is 0 Å². The molecule has 0 aromatic rings. The molecule has 0 spiro atoms. The molecule has 1 rings (SSSR count). The molecular weight excluding hydrogens is 209 g/mol. The van der Waals surface area contributed by atoms with Gasteiger partial charge in [0.25, 0.3) is 7.59 Å². The fraction of sp³-hybridized carbons (Fsp3) is 1.00. The molecule has 0 aromatic heterocycles. The number of nitrogens with zero attached hydrogens (tertiary/aromatic N) is 2. The van der Waals surface area contributed by atoms with Crippen LogP contribution in [0.3, 0.4) is 0 Å². The summed E-state index contributed by atoms with van der Waals surface area (Å²) in [5.41, 5.74) is 0. The Morgan fingerprint density at radius 1 is 1.00 bits per heavy atom. The van der Waals surface area contributed by atoms with E-state index in [1.54, 1.807) is 0 Å². The highest BCUT2D eigenvalue weighted by atomic mass is 31.2. The Labute approximate surface area is 93.5 Å². The van der Waals surface area contributed by atoms with E-state index in [1.807, 2.05) is 37.5 Å². The predicted molar refractivity (Wildman–Crippen MR) is 65.0 cm³/mol. The second-order valence-corrected chi connectivity index (χ2v) is 7.65. The molecule has 15 heavy (non-hydrogen) atoms. The van der Waals surface area contributed by atoms with E-state index in [0.29, 0.717) is 6.04 Å². The minimum Gasteiger partial charge on any atom is -0.271 e. The molecule has 0 saturated heterocycles. The average molecular weight is 233 g/mol. The summed E-state index contributed by atoms with van der Waals surface area (Å²) in [6, 6.07) is 0.425. The number of hydrogen-bond donors (Lipinski definition) is 1. The first kappa shape index (κ1) is 13.2. The zero-order valence-corrected chi connectivity index (χ0v) is 11.3. The Hall–Kier alpha value is 0.110. The largest absolute Gasteiger partial charge is 0.283 e. The van der Waals surface area contributed by atoms with Crippen LogP contribution in [0.15, 0.2) is 0 Å². The van der Waals surface area contributed by atoms with Gasteiger partial charge in [-0.2, -0.15) is 0 Å². The van der Waals surface area contributed by atoms with Gasteiger partial charge < -0.3 is 0 Å². The van der Waals surface area contributed by atoms with Crippen molar-refractivity contribution in [3.05, 3.63) is 0 Å². The first-order valence-corrected chi connectivity index (χ1v) is 7.31. The fourth-order valence-corrected chi connectivity index (χ4v) is 3.97. The molecule has 0 heterocycles. The Morgan fingerprint density at radius 3 is 1.87 bits per heavy atom. The molecule has 0 amide bonds. The Balaban J connectivity index is 2.62. The summed E-state index contributed by atoms with van der Waals surface area (Å²) in [6.45, 7) is 0. The zero-order chi connectivity index (χ0) is 11.5. The summed E-state index contributed by atoms with van der Waals surface area (Å²) in [6.07, 6.45) is 6.17. The first-order chi connectivity index (χ1) is 6.97. The summed E-state index contributed by atoms with van der Waals surface area (Å²) < 4.78 is 16.2. The average Bonchev–Trinajstić information content (AvgIpc) is 2.18. The predicted octanol–water partition coefficient (Wildman–Crippen LogP) is 2.14. The number of nitrogens with one attached hydrogen (secondary N) is 1. The van der Waals surface area contributed by atoms with Crippen molar-refractivity contribution < 1.29 is 4.57 Å². The minimum absolute atomic E-state index is 0.425. The van der Waals surface area contributed by atoms with E-state index >= 15 is 0 Å². The van der Waals surface area contributed by atoms with Crippen molar-refractivity contribution in [2.75, 3.05) is 28.2 Å².